The third-order valence-electron chi connectivity index (χ3n) is 4.90. The van der Waals surface area contributed by atoms with Gasteiger partial charge in [0, 0.05) is 25.7 Å². The summed E-state index contributed by atoms with van der Waals surface area (Å²) in [6.45, 7) is 1.31. The van der Waals surface area contributed by atoms with Gasteiger partial charge in [-0.25, -0.2) is 14.2 Å². The van der Waals surface area contributed by atoms with Gasteiger partial charge < -0.3 is 4.90 Å². The van der Waals surface area contributed by atoms with Crippen molar-refractivity contribution in [3.8, 4) is 0 Å². The first kappa shape index (κ1) is 15.8. The summed E-state index contributed by atoms with van der Waals surface area (Å²) in [6.07, 6.45) is 3.20. The average Bonchev–Trinajstić information content (AvgIpc) is 3.09. The van der Waals surface area contributed by atoms with Crippen molar-refractivity contribution in [1.29, 1.82) is 0 Å². The zero-order valence-electron chi connectivity index (χ0n) is 13.9. The Bertz CT molecular complexity index is 787. The molecule has 128 valence electrons. The molecule has 0 aromatic heterocycles. The van der Waals surface area contributed by atoms with Gasteiger partial charge in [-0.1, -0.05) is 48.5 Å². The van der Waals surface area contributed by atoms with Crippen LogP contribution < -0.4 is 0 Å². The number of nitrogens with zero attached hydrogens (tertiary/aromatic N) is 3. The number of likely N-dealkylation sites (tertiary alicyclic amines) is 1. The molecule has 1 saturated heterocycles. The van der Waals surface area contributed by atoms with Gasteiger partial charge in [-0.05, 0) is 29.5 Å². The molecule has 0 saturated carbocycles. The highest BCUT2D eigenvalue weighted by Gasteiger charge is 2.37. The highest BCUT2D eigenvalue weighted by molar-refractivity contribution is 5.79. The molecule has 5 heteroatoms. The van der Waals surface area contributed by atoms with Crippen LogP contribution in [-0.4, -0.2) is 35.2 Å². The first-order valence-corrected chi connectivity index (χ1v) is 8.61. The van der Waals surface area contributed by atoms with Crippen molar-refractivity contribution in [1.82, 2.24) is 9.91 Å². The highest BCUT2D eigenvalue weighted by Crippen LogP contribution is 2.31. The fourth-order valence-corrected chi connectivity index (χ4v) is 3.53. The van der Waals surface area contributed by atoms with E-state index < -0.39 is 0 Å². The summed E-state index contributed by atoms with van der Waals surface area (Å²) in [4.78, 5) is 14.5. The summed E-state index contributed by atoms with van der Waals surface area (Å²) in [6, 6.07) is 16.7. The molecule has 1 fully saturated rings. The molecule has 0 bridgehead atoms. The Morgan fingerprint density at radius 2 is 1.80 bits per heavy atom. The minimum atomic E-state index is -0.166. The van der Waals surface area contributed by atoms with Gasteiger partial charge >= 0.3 is 6.03 Å². The van der Waals surface area contributed by atoms with Crippen LogP contribution >= 0.6 is 0 Å². The number of rotatable bonds is 3. The normalized spacial score (nSPS) is 20.0. The van der Waals surface area contributed by atoms with Crippen LogP contribution in [0, 0.1) is 11.7 Å². The summed E-state index contributed by atoms with van der Waals surface area (Å²) < 4.78 is 13.7. The second kappa shape index (κ2) is 6.67. The molecule has 2 aromatic carbocycles. The van der Waals surface area contributed by atoms with Gasteiger partial charge in [0.05, 0.1) is 6.04 Å². The van der Waals surface area contributed by atoms with Crippen LogP contribution in [0.1, 0.15) is 23.6 Å². The van der Waals surface area contributed by atoms with Crippen LogP contribution in [0.15, 0.2) is 59.7 Å². The largest absolute Gasteiger partial charge is 0.341 e. The molecule has 2 aliphatic rings. The van der Waals surface area contributed by atoms with E-state index in [0.717, 1.165) is 17.5 Å². The molecule has 2 amide bonds. The quantitative estimate of drug-likeness (QED) is 0.838. The van der Waals surface area contributed by atoms with Crippen LogP contribution in [0.2, 0.25) is 0 Å². The number of carbonyl (C=O) groups is 1. The summed E-state index contributed by atoms with van der Waals surface area (Å²) in [5, 5.41) is 5.85. The van der Waals surface area contributed by atoms with Crippen LogP contribution in [0.4, 0.5) is 9.18 Å². The van der Waals surface area contributed by atoms with Gasteiger partial charge in [-0.15, -0.1) is 0 Å². The third-order valence-corrected chi connectivity index (χ3v) is 4.90. The Labute approximate surface area is 146 Å². The molecule has 0 aliphatic carbocycles. The number of hydrogen-bond acceptors (Lipinski definition) is 2. The van der Waals surface area contributed by atoms with Crippen LogP contribution in [0.5, 0.6) is 0 Å². The first-order chi connectivity index (χ1) is 12.2. The molecule has 1 unspecified atom stereocenters. The third kappa shape index (κ3) is 3.14. The van der Waals surface area contributed by atoms with Gasteiger partial charge in [0.15, 0.2) is 0 Å². The summed E-state index contributed by atoms with van der Waals surface area (Å²) in [7, 11) is 0. The summed E-state index contributed by atoms with van der Waals surface area (Å²) in [5.74, 6) is 0.142. The molecule has 4 nitrogen and oxygen atoms in total. The molecule has 1 atom stereocenters. The Hall–Kier alpha value is -2.69. The molecule has 2 aromatic rings. The van der Waals surface area contributed by atoms with E-state index in [0.29, 0.717) is 25.4 Å². The smallest absolute Gasteiger partial charge is 0.322 e. The minimum absolute atomic E-state index is 0.0284. The number of hydrogen-bond donors (Lipinski definition) is 0. The van der Waals surface area contributed by atoms with Gasteiger partial charge in [0.1, 0.15) is 5.82 Å². The van der Waals surface area contributed by atoms with Crippen LogP contribution in [0.3, 0.4) is 0 Å². The lowest BCUT2D eigenvalue weighted by molar-refractivity contribution is 0.0832. The molecule has 2 heterocycles. The van der Waals surface area contributed by atoms with E-state index in [1.165, 1.54) is 6.07 Å². The second-order valence-corrected chi connectivity index (χ2v) is 6.65. The lowest BCUT2D eigenvalue weighted by Gasteiger charge is -2.41. The topological polar surface area (TPSA) is 35.9 Å². The fourth-order valence-electron chi connectivity index (χ4n) is 3.53. The molecule has 25 heavy (non-hydrogen) atoms. The van der Waals surface area contributed by atoms with Crippen molar-refractivity contribution in [3.63, 3.8) is 0 Å². The number of hydrazone groups is 1. The summed E-state index contributed by atoms with van der Waals surface area (Å²) >= 11 is 0. The summed E-state index contributed by atoms with van der Waals surface area (Å²) in [5.41, 5.74) is 1.82. The average molecular weight is 337 g/mol. The maximum atomic E-state index is 13.7. The maximum absolute atomic E-state index is 13.7. The van der Waals surface area contributed by atoms with Gasteiger partial charge in [-0.2, -0.15) is 5.10 Å². The molecule has 0 radical (unpaired) electrons. The van der Waals surface area contributed by atoms with Crippen molar-refractivity contribution in [2.45, 2.75) is 18.9 Å². The van der Waals surface area contributed by atoms with E-state index in [2.05, 4.69) is 5.10 Å². The van der Waals surface area contributed by atoms with E-state index in [9.17, 15) is 9.18 Å². The van der Waals surface area contributed by atoms with Crippen molar-refractivity contribution in [2.75, 3.05) is 13.1 Å². The lowest BCUT2D eigenvalue weighted by Crippen LogP contribution is -2.54. The molecular weight excluding hydrogens is 317 g/mol. The van der Waals surface area contributed by atoms with Crippen LogP contribution in [-0.2, 0) is 6.42 Å². The van der Waals surface area contributed by atoms with Crippen molar-refractivity contribution in [3.05, 3.63) is 71.5 Å². The Morgan fingerprint density at radius 1 is 1.08 bits per heavy atom. The lowest BCUT2D eigenvalue weighted by atomic mass is 9.92. The predicted molar refractivity (Wildman–Crippen MR) is 94.7 cm³/mol. The van der Waals surface area contributed by atoms with Crippen molar-refractivity contribution < 1.29 is 9.18 Å². The second-order valence-electron chi connectivity index (χ2n) is 6.65. The van der Waals surface area contributed by atoms with Gasteiger partial charge in [0.2, 0.25) is 0 Å². The monoisotopic (exact) mass is 337 g/mol. The SMILES string of the molecule is O=C(N1CC(Cc2ccccc2F)C1)N1N=CCC1c1ccccc1. The van der Waals surface area contributed by atoms with E-state index in [4.69, 9.17) is 0 Å². The predicted octanol–water partition coefficient (Wildman–Crippen LogP) is 3.85. The number of amides is 2. The molecular formula is C20H20FN3O. The van der Waals surface area contributed by atoms with Gasteiger partial charge in [0.25, 0.3) is 0 Å². The highest BCUT2D eigenvalue weighted by atomic mass is 19.1. The number of carbonyl (C=O) groups excluding carboxylic acids is 1. The van der Waals surface area contributed by atoms with E-state index in [-0.39, 0.29) is 17.9 Å². The standard InChI is InChI=1S/C20H20FN3O/c21-18-9-5-4-8-17(18)12-15-13-23(14-15)20(25)24-19(10-11-22-24)16-6-2-1-3-7-16/h1-9,11,15,19H,10,12-14H2. The Morgan fingerprint density at radius 3 is 2.56 bits per heavy atom. The van der Waals surface area contributed by atoms with Crippen LogP contribution in [0.25, 0.3) is 0 Å². The first-order valence-electron chi connectivity index (χ1n) is 8.61. The minimum Gasteiger partial charge on any atom is -0.322 e. The number of halogens is 1. The molecule has 0 N–H and O–H groups in total. The molecule has 0 spiro atoms. The fraction of sp³-hybridized carbons (Fsp3) is 0.300. The zero-order valence-corrected chi connectivity index (χ0v) is 13.9. The number of urea groups is 1. The zero-order chi connectivity index (χ0) is 17.2. The van der Waals surface area contributed by atoms with Crippen molar-refractivity contribution in [2.24, 2.45) is 11.0 Å². The number of benzene rings is 2. The Kier molecular flexibility index (Phi) is 4.22. The maximum Gasteiger partial charge on any atom is 0.341 e. The van der Waals surface area contributed by atoms with E-state index in [1.807, 2.05) is 42.5 Å². The van der Waals surface area contributed by atoms with Crippen molar-refractivity contribution >= 4 is 12.2 Å². The van der Waals surface area contributed by atoms with E-state index >= 15 is 0 Å². The Balaban J connectivity index is 1.37. The van der Waals surface area contributed by atoms with E-state index in [1.54, 1.807) is 22.2 Å². The van der Waals surface area contributed by atoms with Gasteiger partial charge in [-0.3, -0.25) is 0 Å². The molecule has 4 rings (SSSR count). The molecule has 2 aliphatic heterocycles.